The molecule has 4 N–H and O–H groups in total. The molecule has 0 aliphatic heterocycles. The lowest BCUT2D eigenvalue weighted by Crippen LogP contribution is -2.23. The number of rotatable bonds is 11. The Morgan fingerprint density at radius 1 is 1.38 bits per heavy atom. The Hall–Kier alpha value is -1.13. The summed E-state index contributed by atoms with van der Waals surface area (Å²) >= 11 is 0. The van der Waals surface area contributed by atoms with Gasteiger partial charge in [-0.15, -0.1) is 0 Å². The highest BCUT2D eigenvalue weighted by Crippen LogP contribution is 2.48. The van der Waals surface area contributed by atoms with E-state index in [1.165, 1.54) is 5.57 Å². The summed E-state index contributed by atoms with van der Waals surface area (Å²) in [5.74, 6) is 0.950. The van der Waals surface area contributed by atoms with Crippen LogP contribution in [0.4, 0.5) is 0 Å². The van der Waals surface area contributed by atoms with Crippen LogP contribution < -0.4 is 5.73 Å². The van der Waals surface area contributed by atoms with Gasteiger partial charge in [0.05, 0.1) is 11.7 Å². The molecule has 0 spiro atoms. The van der Waals surface area contributed by atoms with Gasteiger partial charge >= 0.3 is 0 Å². The monoisotopic (exact) mass is 363 g/mol. The van der Waals surface area contributed by atoms with E-state index in [9.17, 15) is 15.0 Å². The number of nitrogens with two attached hydrogens (primary N) is 1. The maximum absolute atomic E-state index is 10.8. The highest BCUT2D eigenvalue weighted by atomic mass is 16.3. The number of carbonyl (C=O) groups is 1. The Labute approximate surface area is 158 Å². The van der Waals surface area contributed by atoms with Crippen molar-refractivity contribution >= 4 is 5.91 Å². The summed E-state index contributed by atoms with van der Waals surface area (Å²) in [6, 6.07) is 0. The lowest BCUT2D eigenvalue weighted by Gasteiger charge is -2.22. The van der Waals surface area contributed by atoms with Gasteiger partial charge in [0.15, 0.2) is 0 Å². The normalized spacial score (nSPS) is 30.4. The number of unbranched alkanes of at least 4 members (excludes halogenated alkanes) is 2. The molecule has 148 valence electrons. The molecule has 4 heteroatoms. The molecule has 1 amide bonds. The first-order chi connectivity index (χ1) is 12.3. The molecule has 26 heavy (non-hydrogen) atoms. The number of aliphatic hydroxyl groups is 2. The van der Waals surface area contributed by atoms with E-state index in [4.69, 9.17) is 5.73 Å². The van der Waals surface area contributed by atoms with Crippen molar-refractivity contribution in [2.45, 2.75) is 89.8 Å². The SMILES string of the molecule is CCCC[C@](C)(O)C/C=C/[C@H]1[C@H](O)CC2C=C(CCCCC(N)=O)C[C@@H]21. The van der Waals surface area contributed by atoms with E-state index in [0.717, 1.165) is 51.4 Å². The van der Waals surface area contributed by atoms with Gasteiger partial charge in [0, 0.05) is 12.3 Å². The second-order valence-corrected chi connectivity index (χ2v) is 8.64. The topological polar surface area (TPSA) is 83.6 Å². The molecular weight excluding hydrogens is 326 g/mol. The number of hydrogen-bond donors (Lipinski definition) is 3. The summed E-state index contributed by atoms with van der Waals surface area (Å²) in [6.07, 6.45) is 15.2. The average molecular weight is 364 g/mol. The molecule has 0 aromatic carbocycles. The fourth-order valence-electron chi connectivity index (χ4n) is 4.58. The van der Waals surface area contributed by atoms with E-state index < -0.39 is 5.60 Å². The second kappa shape index (κ2) is 9.70. The Balaban J connectivity index is 1.81. The van der Waals surface area contributed by atoms with E-state index in [-0.39, 0.29) is 17.9 Å². The number of allylic oxidation sites excluding steroid dienone is 2. The standard InChI is InChI=1S/C22H37NO3/c1-3-4-11-22(2,26)12-7-9-18-19-14-16(8-5-6-10-21(23)25)13-17(19)15-20(18)24/h7,9,13,17-20,24,26H,3-6,8,10-12,14-15H2,1-2H3,(H2,23,25)/b9-7+/t17?,18-,19+,20-,22+/m1/s1. The zero-order chi connectivity index (χ0) is 19.2. The summed E-state index contributed by atoms with van der Waals surface area (Å²) < 4.78 is 0. The zero-order valence-electron chi connectivity index (χ0n) is 16.5. The maximum Gasteiger partial charge on any atom is 0.217 e. The first kappa shape index (κ1) is 21.2. The maximum atomic E-state index is 10.8. The van der Waals surface area contributed by atoms with Gasteiger partial charge < -0.3 is 15.9 Å². The van der Waals surface area contributed by atoms with Gasteiger partial charge in [0.1, 0.15) is 0 Å². The van der Waals surface area contributed by atoms with Crippen LogP contribution in [0.1, 0.15) is 78.1 Å². The molecule has 0 heterocycles. The minimum Gasteiger partial charge on any atom is -0.392 e. The van der Waals surface area contributed by atoms with E-state index >= 15 is 0 Å². The molecule has 1 unspecified atom stereocenters. The van der Waals surface area contributed by atoms with Crippen molar-refractivity contribution in [1.29, 1.82) is 0 Å². The quantitative estimate of drug-likeness (QED) is 0.385. The molecule has 0 bridgehead atoms. The van der Waals surface area contributed by atoms with E-state index in [1.807, 2.05) is 6.92 Å². The van der Waals surface area contributed by atoms with Crippen molar-refractivity contribution < 1.29 is 15.0 Å². The van der Waals surface area contributed by atoms with E-state index in [0.29, 0.717) is 24.7 Å². The van der Waals surface area contributed by atoms with Crippen LogP contribution in [0.25, 0.3) is 0 Å². The molecule has 0 saturated heterocycles. The first-order valence-electron chi connectivity index (χ1n) is 10.4. The number of carbonyl (C=O) groups excluding carboxylic acids is 1. The van der Waals surface area contributed by atoms with Gasteiger partial charge in [-0.25, -0.2) is 0 Å². The fourth-order valence-corrected chi connectivity index (χ4v) is 4.58. The summed E-state index contributed by atoms with van der Waals surface area (Å²) in [4.78, 5) is 10.8. The minimum absolute atomic E-state index is 0.196. The Morgan fingerprint density at radius 2 is 2.15 bits per heavy atom. The van der Waals surface area contributed by atoms with Gasteiger partial charge in [-0.1, -0.05) is 43.6 Å². The number of hydrogen-bond acceptors (Lipinski definition) is 3. The molecule has 2 rings (SSSR count). The summed E-state index contributed by atoms with van der Waals surface area (Å²) in [5.41, 5.74) is 6.02. The Bertz CT molecular complexity index is 523. The summed E-state index contributed by atoms with van der Waals surface area (Å²) in [5, 5.41) is 20.9. The van der Waals surface area contributed by atoms with Crippen molar-refractivity contribution in [2.75, 3.05) is 0 Å². The van der Waals surface area contributed by atoms with Crippen LogP contribution in [0, 0.1) is 17.8 Å². The molecular formula is C22H37NO3. The van der Waals surface area contributed by atoms with Crippen LogP contribution in [0.2, 0.25) is 0 Å². The number of aliphatic hydroxyl groups excluding tert-OH is 1. The van der Waals surface area contributed by atoms with Crippen molar-refractivity contribution in [1.82, 2.24) is 0 Å². The molecule has 1 saturated carbocycles. The van der Waals surface area contributed by atoms with Gasteiger partial charge in [0.2, 0.25) is 5.91 Å². The summed E-state index contributed by atoms with van der Waals surface area (Å²) in [7, 11) is 0. The third kappa shape index (κ3) is 6.24. The smallest absolute Gasteiger partial charge is 0.217 e. The Kier molecular flexibility index (Phi) is 7.90. The molecule has 2 aliphatic carbocycles. The molecule has 0 aromatic rings. The van der Waals surface area contributed by atoms with Crippen LogP contribution in [0.5, 0.6) is 0 Å². The van der Waals surface area contributed by atoms with Crippen molar-refractivity contribution in [2.24, 2.45) is 23.5 Å². The number of fused-ring (bicyclic) bond motifs is 1. The molecule has 4 nitrogen and oxygen atoms in total. The van der Waals surface area contributed by atoms with Crippen LogP contribution in [-0.4, -0.2) is 27.8 Å². The van der Waals surface area contributed by atoms with Crippen molar-refractivity contribution in [3.8, 4) is 0 Å². The first-order valence-corrected chi connectivity index (χ1v) is 10.4. The molecule has 5 atom stereocenters. The van der Waals surface area contributed by atoms with Crippen LogP contribution in [0.3, 0.4) is 0 Å². The van der Waals surface area contributed by atoms with Gasteiger partial charge in [-0.3, -0.25) is 4.79 Å². The molecule has 2 aliphatic rings. The van der Waals surface area contributed by atoms with Gasteiger partial charge in [0.25, 0.3) is 0 Å². The molecule has 0 aromatic heterocycles. The number of amides is 1. The van der Waals surface area contributed by atoms with Crippen LogP contribution >= 0.6 is 0 Å². The highest BCUT2D eigenvalue weighted by Gasteiger charge is 2.43. The number of primary amides is 1. The highest BCUT2D eigenvalue weighted by molar-refractivity contribution is 5.73. The van der Waals surface area contributed by atoms with E-state index in [1.54, 1.807) is 0 Å². The van der Waals surface area contributed by atoms with Crippen LogP contribution in [-0.2, 0) is 4.79 Å². The minimum atomic E-state index is -0.644. The fraction of sp³-hybridized carbons (Fsp3) is 0.773. The lowest BCUT2D eigenvalue weighted by atomic mass is 9.87. The van der Waals surface area contributed by atoms with Gasteiger partial charge in [-0.05, 0) is 63.7 Å². The second-order valence-electron chi connectivity index (χ2n) is 8.64. The third-order valence-electron chi connectivity index (χ3n) is 6.11. The largest absolute Gasteiger partial charge is 0.392 e. The van der Waals surface area contributed by atoms with Crippen molar-refractivity contribution in [3.63, 3.8) is 0 Å². The van der Waals surface area contributed by atoms with Crippen LogP contribution in [0.15, 0.2) is 23.8 Å². The summed E-state index contributed by atoms with van der Waals surface area (Å²) in [6.45, 7) is 4.04. The van der Waals surface area contributed by atoms with Crippen molar-refractivity contribution in [3.05, 3.63) is 23.8 Å². The lowest BCUT2D eigenvalue weighted by molar-refractivity contribution is -0.118. The predicted octanol–water partition coefficient (Wildman–Crippen LogP) is 3.86. The average Bonchev–Trinajstić information content (AvgIpc) is 3.07. The third-order valence-corrected chi connectivity index (χ3v) is 6.11. The molecule has 1 fully saturated rings. The molecule has 0 radical (unpaired) electrons. The zero-order valence-corrected chi connectivity index (χ0v) is 16.5. The predicted molar refractivity (Wildman–Crippen MR) is 105 cm³/mol. The van der Waals surface area contributed by atoms with Gasteiger partial charge in [-0.2, -0.15) is 0 Å². The van der Waals surface area contributed by atoms with E-state index in [2.05, 4.69) is 25.2 Å². The Morgan fingerprint density at radius 3 is 2.85 bits per heavy atom.